The lowest BCUT2D eigenvalue weighted by Gasteiger charge is -2.19. The van der Waals surface area contributed by atoms with Crippen molar-refractivity contribution in [2.24, 2.45) is 11.5 Å². The van der Waals surface area contributed by atoms with Gasteiger partial charge in [0.2, 0.25) is 0 Å². The van der Waals surface area contributed by atoms with Crippen LogP contribution in [0.25, 0.3) is 16.6 Å². The van der Waals surface area contributed by atoms with Crippen LogP contribution in [0.3, 0.4) is 0 Å². The molecule has 0 saturated carbocycles. The van der Waals surface area contributed by atoms with E-state index in [4.69, 9.17) is 34.7 Å². The number of rotatable bonds is 2. The van der Waals surface area contributed by atoms with Gasteiger partial charge in [-0.3, -0.25) is 14.4 Å². The van der Waals surface area contributed by atoms with E-state index in [9.17, 15) is 14.4 Å². The highest BCUT2D eigenvalue weighted by atomic mass is 35.5. The molecule has 0 saturated heterocycles. The largest absolute Gasteiger partial charge is 0.383 e. The van der Waals surface area contributed by atoms with Crippen LogP contribution >= 0.6 is 23.2 Å². The Hall–Kier alpha value is -3.03. The number of primary amides is 1. The second-order valence-corrected chi connectivity index (χ2v) is 6.81. The lowest BCUT2D eigenvalue weighted by Crippen LogP contribution is -2.38. The lowest BCUT2D eigenvalue weighted by molar-refractivity contribution is -0.114. The fraction of sp³-hybridized carbons (Fsp3) is 0.0556. The number of nitrogens with two attached hydrogens (primary N) is 2. The fourth-order valence-electron chi connectivity index (χ4n) is 3.40. The Balaban J connectivity index is 2.20. The Morgan fingerprint density at radius 3 is 2.22 bits per heavy atom. The van der Waals surface area contributed by atoms with Crippen LogP contribution in [-0.4, -0.2) is 15.3 Å². The predicted molar refractivity (Wildman–Crippen MR) is 104 cm³/mol. The first-order valence-corrected chi connectivity index (χ1v) is 8.60. The van der Waals surface area contributed by atoms with E-state index in [2.05, 4.69) is 0 Å². The third kappa shape index (κ3) is 2.32. The van der Waals surface area contributed by atoms with Gasteiger partial charge in [-0.05, 0) is 18.2 Å². The first-order chi connectivity index (χ1) is 12.8. The van der Waals surface area contributed by atoms with Crippen LogP contribution in [-0.2, 0) is 4.79 Å². The SMILES string of the molecule is NC(=O)C1=C(N)n2c(=O)c3ccccc3c(=O)n2C1c1cccc(Cl)c1Cl. The zero-order chi connectivity index (χ0) is 19.5. The summed E-state index contributed by atoms with van der Waals surface area (Å²) in [4.78, 5) is 38.3. The summed E-state index contributed by atoms with van der Waals surface area (Å²) >= 11 is 12.4. The molecule has 1 amide bonds. The molecule has 0 fully saturated rings. The Morgan fingerprint density at radius 2 is 1.59 bits per heavy atom. The van der Waals surface area contributed by atoms with Gasteiger partial charge in [0.15, 0.2) is 0 Å². The van der Waals surface area contributed by atoms with Crippen molar-refractivity contribution in [1.29, 1.82) is 0 Å². The molecule has 136 valence electrons. The molecule has 7 nitrogen and oxygen atoms in total. The molecule has 2 heterocycles. The van der Waals surface area contributed by atoms with Gasteiger partial charge in [0.25, 0.3) is 17.0 Å². The monoisotopic (exact) mass is 402 g/mol. The molecular formula is C18H12Cl2N4O3. The van der Waals surface area contributed by atoms with E-state index in [1.807, 2.05) is 0 Å². The average Bonchev–Trinajstić information content (AvgIpc) is 2.95. The summed E-state index contributed by atoms with van der Waals surface area (Å²) in [6.07, 6.45) is 0. The van der Waals surface area contributed by atoms with Gasteiger partial charge in [-0.1, -0.05) is 47.5 Å². The second-order valence-electron chi connectivity index (χ2n) is 6.02. The Morgan fingerprint density at radius 1 is 0.963 bits per heavy atom. The molecule has 3 aromatic rings. The molecule has 1 aromatic heterocycles. The molecule has 1 aliphatic heterocycles. The first kappa shape index (κ1) is 17.4. The number of amides is 1. The number of aromatic nitrogens is 2. The van der Waals surface area contributed by atoms with Crippen molar-refractivity contribution in [2.75, 3.05) is 0 Å². The number of carbonyl (C=O) groups is 1. The Bertz CT molecular complexity index is 1290. The predicted octanol–water partition coefficient (Wildman–Crippen LogP) is 1.69. The second kappa shape index (κ2) is 6.00. The van der Waals surface area contributed by atoms with Gasteiger partial charge >= 0.3 is 0 Å². The van der Waals surface area contributed by atoms with Crippen LogP contribution in [0.1, 0.15) is 11.6 Å². The van der Waals surface area contributed by atoms with Crippen LogP contribution in [0.15, 0.2) is 57.6 Å². The molecule has 2 aromatic carbocycles. The molecule has 1 aliphatic rings. The highest BCUT2D eigenvalue weighted by Gasteiger charge is 2.38. The highest BCUT2D eigenvalue weighted by Crippen LogP contribution is 2.38. The number of nitrogens with zero attached hydrogens (tertiary/aromatic N) is 2. The lowest BCUT2D eigenvalue weighted by atomic mass is 9.99. The van der Waals surface area contributed by atoms with Gasteiger partial charge in [0, 0.05) is 5.56 Å². The van der Waals surface area contributed by atoms with E-state index in [1.165, 1.54) is 12.1 Å². The molecule has 4 rings (SSSR count). The van der Waals surface area contributed by atoms with E-state index in [-0.39, 0.29) is 32.2 Å². The molecule has 0 aliphatic carbocycles. The van der Waals surface area contributed by atoms with Crippen LogP contribution in [0, 0.1) is 0 Å². The smallest absolute Gasteiger partial charge is 0.279 e. The number of benzene rings is 2. The molecule has 0 bridgehead atoms. The zero-order valence-corrected chi connectivity index (χ0v) is 15.2. The van der Waals surface area contributed by atoms with E-state index >= 15 is 0 Å². The molecule has 0 radical (unpaired) electrons. The quantitative estimate of drug-likeness (QED) is 0.678. The topological polar surface area (TPSA) is 113 Å². The molecule has 9 heteroatoms. The standard InChI is InChI=1S/C18H12Cl2N4O3/c19-11-7-3-6-10(13(11)20)14-12(16(22)25)15(21)24-18(27)9-5-2-1-4-8(9)17(26)23(14)24/h1-7,14H,21H2,(H2,22,25). The van der Waals surface area contributed by atoms with Gasteiger partial charge in [0.05, 0.1) is 26.4 Å². The van der Waals surface area contributed by atoms with Crippen molar-refractivity contribution in [2.45, 2.75) is 6.04 Å². The number of fused-ring (bicyclic) bond motifs is 2. The number of hydrogen-bond donors (Lipinski definition) is 2. The summed E-state index contributed by atoms with van der Waals surface area (Å²) in [6, 6.07) is 10.0. The molecule has 4 N–H and O–H groups in total. The van der Waals surface area contributed by atoms with Crippen molar-refractivity contribution in [3.05, 3.63) is 84.4 Å². The molecule has 0 spiro atoms. The normalized spacial score (nSPS) is 16.0. The summed E-state index contributed by atoms with van der Waals surface area (Å²) in [5.41, 5.74) is 10.8. The minimum atomic E-state index is -1.07. The summed E-state index contributed by atoms with van der Waals surface area (Å²) < 4.78 is 2.06. The Kier molecular flexibility index (Phi) is 3.87. The van der Waals surface area contributed by atoms with E-state index in [0.717, 1.165) is 9.36 Å². The number of carbonyl (C=O) groups excluding carboxylic acids is 1. The van der Waals surface area contributed by atoms with Gasteiger partial charge in [0.1, 0.15) is 11.9 Å². The van der Waals surface area contributed by atoms with Crippen LogP contribution in [0.5, 0.6) is 0 Å². The minimum Gasteiger partial charge on any atom is -0.383 e. The average molecular weight is 403 g/mol. The third-order valence-electron chi connectivity index (χ3n) is 4.57. The third-order valence-corrected chi connectivity index (χ3v) is 5.40. The maximum atomic E-state index is 13.2. The van der Waals surface area contributed by atoms with Crippen LogP contribution in [0.4, 0.5) is 0 Å². The van der Waals surface area contributed by atoms with E-state index in [1.54, 1.807) is 30.3 Å². The summed E-state index contributed by atoms with van der Waals surface area (Å²) in [5, 5.41) is 0.742. The minimum absolute atomic E-state index is 0.103. The van der Waals surface area contributed by atoms with Crippen LogP contribution in [0.2, 0.25) is 10.0 Å². The number of halogens is 2. The van der Waals surface area contributed by atoms with Gasteiger partial charge in [-0.25, -0.2) is 4.68 Å². The Labute approximate surface area is 162 Å². The molecule has 1 atom stereocenters. The maximum absolute atomic E-state index is 13.2. The van der Waals surface area contributed by atoms with Crippen molar-refractivity contribution in [3.8, 4) is 0 Å². The van der Waals surface area contributed by atoms with Gasteiger partial charge in [-0.15, -0.1) is 0 Å². The molecule has 1 unspecified atom stereocenters. The first-order valence-electron chi connectivity index (χ1n) is 7.85. The van der Waals surface area contributed by atoms with Crippen molar-refractivity contribution >= 4 is 45.7 Å². The maximum Gasteiger partial charge on any atom is 0.279 e. The zero-order valence-electron chi connectivity index (χ0n) is 13.6. The van der Waals surface area contributed by atoms with Gasteiger partial charge in [-0.2, -0.15) is 4.68 Å². The fourth-order valence-corrected chi connectivity index (χ4v) is 3.81. The van der Waals surface area contributed by atoms with Crippen LogP contribution < -0.4 is 22.6 Å². The molecule has 27 heavy (non-hydrogen) atoms. The van der Waals surface area contributed by atoms with E-state index in [0.29, 0.717) is 5.56 Å². The van der Waals surface area contributed by atoms with Crippen molar-refractivity contribution < 1.29 is 4.79 Å². The van der Waals surface area contributed by atoms with Gasteiger partial charge < -0.3 is 11.5 Å². The van der Waals surface area contributed by atoms with Crippen molar-refractivity contribution in [1.82, 2.24) is 9.36 Å². The number of hydrogen-bond acceptors (Lipinski definition) is 4. The molecular weight excluding hydrogens is 391 g/mol. The summed E-state index contributed by atoms with van der Waals surface area (Å²) in [5.74, 6) is -1.08. The van der Waals surface area contributed by atoms with E-state index < -0.39 is 23.1 Å². The van der Waals surface area contributed by atoms with Crippen molar-refractivity contribution in [3.63, 3.8) is 0 Å². The summed E-state index contributed by atoms with van der Waals surface area (Å²) in [7, 11) is 0. The summed E-state index contributed by atoms with van der Waals surface area (Å²) in [6.45, 7) is 0. The highest BCUT2D eigenvalue weighted by molar-refractivity contribution is 6.42.